The fourth-order valence-electron chi connectivity index (χ4n) is 5.72. The van der Waals surface area contributed by atoms with Gasteiger partial charge in [0.1, 0.15) is 0 Å². The quantitative estimate of drug-likeness (QED) is 0.0586. The molecule has 0 aromatic heterocycles. The van der Waals surface area contributed by atoms with Crippen LogP contribution in [0.4, 0.5) is 0 Å². The van der Waals surface area contributed by atoms with Crippen molar-refractivity contribution in [3.05, 3.63) is 0 Å². The Labute approximate surface area is 273 Å². The van der Waals surface area contributed by atoms with Crippen LogP contribution < -0.4 is 24.2 Å². The van der Waals surface area contributed by atoms with Gasteiger partial charge in [0, 0.05) is 17.1 Å². The number of hydrogen-bond acceptors (Lipinski definition) is 1. The Morgan fingerprint density at radius 1 is 0.282 bits per heavy atom. The van der Waals surface area contributed by atoms with Crippen molar-refractivity contribution in [3.8, 4) is 0 Å². The predicted molar refractivity (Wildman–Crippen MR) is 173 cm³/mol. The van der Waals surface area contributed by atoms with E-state index in [0.29, 0.717) is 0 Å². The van der Waals surface area contributed by atoms with Crippen molar-refractivity contribution in [2.45, 2.75) is 219 Å². The molecule has 3 heteroatoms. The maximum Gasteiger partial charge on any atom is 1.00 e. The van der Waals surface area contributed by atoms with Crippen molar-refractivity contribution in [1.82, 2.24) is 5.32 Å². The zero-order valence-electron chi connectivity index (χ0n) is 28.9. The van der Waals surface area contributed by atoms with Crippen molar-refractivity contribution < 1.29 is 37.4 Å². The Balaban J connectivity index is -0.00000216. The minimum Gasteiger partial charge on any atom is -1.00 e. The maximum absolute atomic E-state index is 3.68. The fraction of sp³-hybridized carbons (Fsp3) is 1.00. The second-order valence-electron chi connectivity index (χ2n) is 12.4. The molecule has 1 N–H and O–H groups in total. The molecule has 233 valence electrons. The van der Waals surface area contributed by atoms with Gasteiger partial charge in [-0.25, -0.2) is 0 Å². The van der Waals surface area contributed by atoms with Crippen LogP contribution in [-0.4, -0.2) is 13.1 Å². The molecule has 0 aliphatic heterocycles. The Morgan fingerprint density at radius 3 is 0.615 bits per heavy atom. The fourth-order valence-corrected chi connectivity index (χ4v) is 5.72. The van der Waals surface area contributed by atoms with E-state index in [1.54, 1.807) is 0 Å². The van der Waals surface area contributed by atoms with Crippen molar-refractivity contribution in [3.63, 3.8) is 0 Å². The van der Waals surface area contributed by atoms with E-state index in [0.717, 1.165) is 0 Å². The van der Waals surface area contributed by atoms with Gasteiger partial charge in [0.05, 0.1) is 0 Å². The molecular weight excluding hydrogens is 508 g/mol. The molecule has 0 unspecified atom stereocenters. The summed E-state index contributed by atoms with van der Waals surface area (Å²) in [4.78, 5) is 0. The molecule has 0 aliphatic rings. The van der Waals surface area contributed by atoms with Crippen molar-refractivity contribution in [2.75, 3.05) is 13.1 Å². The molecular formula is C36H76LiMnN. The van der Waals surface area contributed by atoms with Gasteiger partial charge in [0.15, 0.2) is 0 Å². The van der Waals surface area contributed by atoms with E-state index in [1.807, 2.05) is 0 Å². The molecule has 0 amide bonds. The molecule has 39 heavy (non-hydrogen) atoms. The van der Waals surface area contributed by atoms with Crippen LogP contribution in [-0.2, 0) is 17.1 Å². The van der Waals surface area contributed by atoms with Gasteiger partial charge in [-0.1, -0.05) is 206 Å². The summed E-state index contributed by atoms with van der Waals surface area (Å²) < 4.78 is 0. The summed E-state index contributed by atoms with van der Waals surface area (Å²) in [6.07, 6.45) is 46.7. The monoisotopic (exact) mass is 585 g/mol. The largest absolute Gasteiger partial charge is 1.00 e. The minimum atomic E-state index is 0. The van der Waals surface area contributed by atoms with Crippen molar-refractivity contribution >= 4 is 0 Å². The molecule has 0 atom stereocenters. The molecule has 0 heterocycles. The van der Waals surface area contributed by atoms with Crippen LogP contribution in [0.3, 0.4) is 0 Å². The first-order valence-corrected chi connectivity index (χ1v) is 18.1. The third kappa shape index (κ3) is 43.7. The van der Waals surface area contributed by atoms with Crippen LogP contribution in [0.5, 0.6) is 0 Å². The summed E-state index contributed by atoms with van der Waals surface area (Å²) in [5.74, 6) is 0. The summed E-state index contributed by atoms with van der Waals surface area (Å²) in [5.41, 5.74) is 0. The molecule has 0 bridgehead atoms. The molecule has 0 aromatic rings. The number of hydrogen-bond donors (Lipinski definition) is 1. The molecule has 0 aromatic carbocycles. The van der Waals surface area contributed by atoms with Crippen LogP contribution in [0.15, 0.2) is 0 Å². The van der Waals surface area contributed by atoms with Crippen LogP contribution in [0, 0.1) is 0 Å². The molecule has 0 saturated heterocycles. The summed E-state index contributed by atoms with van der Waals surface area (Å²) in [7, 11) is 0. The van der Waals surface area contributed by atoms with Crippen LogP contribution in [0.25, 0.3) is 0 Å². The third-order valence-electron chi connectivity index (χ3n) is 8.41. The smallest absolute Gasteiger partial charge is 1.00 e. The first kappa shape index (κ1) is 44.5. The normalized spacial score (nSPS) is 10.9. The first-order chi connectivity index (χ1) is 18.4. The molecule has 1 nitrogen and oxygen atoms in total. The van der Waals surface area contributed by atoms with Gasteiger partial charge in [0.25, 0.3) is 0 Å². The van der Waals surface area contributed by atoms with E-state index in [2.05, 4.69) is 19.2 Å². The van der Waals surface area contributed by atoms with Gasteiger partial charge in [-0.3, -0.25) is 0 Å². The van der Waals surface area contributed by atoms with Gasteiger partial charge in [-0.05, 0) is 25.9 Å². The van der Waals surface area contributed by atoms with Crippen LogP contribution in [0.1, 0.15) is 221 Å². The average Bonchev–Trinajstić information content (AvgIpc) is 2.91. The van der Waals surface area contributed by atoms with Gasteiger partial charge in [-0.15, -0.1) is 0 Å². The number of unbranched alkanes of at least 4 members (excludes halogenated alkanes) is 30. The van der Waals surface area contributed by atoms with E-state index in [4.69, 9.17) is 0 Å². The molecule has 0 aliphatic carbocycles. The average molecular weight is 585 g/mol. The van der Waals surface area contributed by atoms with Gasteiger partial charge in [0.2, 0.25) is 0 Å². The van der Waals surface area contributed by atoms with Gasteiger partial charge >= 0.3 is 18.9 Å². The summed E-state index contributed by atoms with van der Waals surface area (Å²) in [6, 6.07) is 0. The Bertz CT molecular complexity index is 352. The minimum absolute atomic E-state index is 0. The molecule has 0 saturated carbocycles. The number of nitrogens with one attached hydrogen (secondary N) is 1. The zero-order valence-corrected chi connectivity index (χ0v) is 29.1. The predicted octanol–water partition coefficient (Wildman–Crippen LogP) is 10.2. The summed E-state index contributed by atoms with van der Waals surface area (Å²) >= 11 is 0. The molecule has 1 radical (unpaired) electrons. The van der Waals surface area contributed by atoms with Crippen LogP contribution >= 0.6 is 0 Å². The maximum atomic E-state index is 3.68. The van der Waals surface area contributed by atoms with E-state index in [1.165, 1.54) is 219 Å². The first-order valence-electron chi connectivity index (χ1n) is 18.1. The second-order valence-corrected chi connectivity index (χ2v) is 12.4. The standard InChI is InChI=1S/C36H75N.Li.Mn.H/c1-3-5-7-9-11-13-15-17-19-21-23-25-27-29-31-33-35-37-36-34-32-30-28-26-24-22-20-18-16-14-12-10-8-6-4-2;;;/h37H,3-36H2,1-2H3;;;/q;+1;;-1. The Kier molecular flexibility index (Phi) is 49.7. The van der Waals surface area contributed by atoms with Gasteiger partial charge in [-0.2, -0.15) is 0 Å². The SMILES string of the molecule is CCCCCCCCCCCCCCCCCCNCCCCCCCCCCCCCCCCCC.[H-].[Li+].[Mn]. The molecule has 0 rings (SSSR count). The molecule has 0 fully saturated rings. The summed E-state index contributed by atoms with van der Waals surface area (Å²) in [6.45, 7) is 7.11. The van der Waals surface area contributed by atoms with E-state index < -0.39 is 0 Å². The van der Waals surface area contributed by atoms with Crippen molar-refractivity contribution in [1.29, 1.82) is 0 Å². The topological polar surface area (TPSA) is 12.0 Å². The van der Waals surface area contributed by atoms with E-state index >= 15 is 0 Å². The second kappa shape index (κ2) is 43.5. The van der Waals surface area contributed by atoms with Crippen molar-refractivity contribution in [2.24, 2.45) is 0 Å². The Morgan fingerprint density at radius 2 is 0.436 bits per heavy atom. The summed E-state index contributed by atoms with van der Waals surface area (Å²) in [5, 5.41) is 3.68. The molecule has 0 spiro atoms. The van der Waals surface area contributed by atoms with Gasteiger partial charge < -0.3 is 6.74 Å². The van der Waals surface area contributed by atoms with E-state index in [9.17, 15) is 0 Å². The zero-order chi connectivity index (χ0) is 26.7. The third-order valence-corrected chi connectivity index (χ3v) is 8.41. The Hall–Kier alpha value is 1.08. The van der Waals surface area contributed by atoms with Crippen LogP contribution in [0.2, 0.25) is 0 Å². The van der Waals surface area contributed by atoms with E-state index in [-0.39, 0.29) is 37.4 Å². The number of rotatable bonds is 34.